The van der Waals surface area contributed by atoms with Crippen molar-refractivity contribution < 1.29 is 69.4 Å². The molecule has 0 aliphatic rings. The zero-order valence-corrected chi connectivity index (χ0v) is 22.8. The monoisotopic (exact) mass is 780 g/mol. The molecular weight excluding hydrogens is 744 g/mol. The second-order valence-electron chi connectivity index (χ2n) is 0.827. The van der Waals surface area contributed by atoms with Crippen LogP contribution in [0.2, 0.25) is 0 Å². The Morgan fingerprint density at radius 2 is 0.440 bits per heavy atom. The van der Waals surface area contributed by atoms with Crippen LogP contribution in [0.1, 0.15) is 0 Å². The fraction of sp³-hybridized carbons (Fsp3) is 0. The van der Waals surface area contributed by atoms with Crippen LogP contribution < -0.4 is 81.2 Å². The molecule has 16 nitrogen and oxygen atoms in total. The fourth-order valence-electron chi connectivity index (χ4n) is 0.0833. The molecule has 184 valence electrons. The van der Waals surface area contributed by atoms with Crippen molar-refractivity contribution in [3.05, 3.63) is 0 Å². The van der Waals surface area contributed by atoms with Gasteiger partial charge in [0.25, 0.3) is 0 Å². The minimum atomic E-state index is 0. The number of nitrogens with two attached hydrogens (primary N) is 4. The summed E-state index contributed by atoms with van der Waals surface area (Å²) in [7, 11) is 0. The van der Waals surface area contributed by atoms with E-state index in [1.165, 1.54) is 0 Å². The molecule has 0 saturated carbocycles. The first kappa shape index (κ1) is 169. The Bertz CT molecular complexity index is 61.5. The Hall–Kier alpha value is 2.97. The first-order valence-electron chi connectivity index (χ1n) is 2.15. The number of nitrogens with one attached hydrogen (secondary N) is 6. The zero-order chi connectivity index (χ0) is 8.24. The van der Waals surface area contributed by atoms with E-state index in [1.54, 1.807) is 0 Å². The van der Waals surface area contributed by atoms with E-state index < -0.39 is 0 Å². The molecule has 0 rings (SSSR count). The molecule has 0 heterocycles. The van der Waals surface area contributed by atoms with E-state index in [0.29, 0.717) is 0 Å². The van der Waals surface area contributed by atoms with Gasteiger partial charge in [0.05, 0.1) is 0 Å². The van der Waals surface area contributed by atoms with E-state index in [-0.39, 0.29) is 168 Å². The van der Waals surface area contributed by atoms with Gasteiger partial charge in [-0.05, 0) is 0 Å². The predicted molar refractivity (Wildman–Crippen MR) is 106 cm³/mol. The average Bonchev–Trinajstić information content (AvgIpc) is 1.93. The minimum absolute atomic E-state index is 0. The number of hydrogen-bond donors (Lipinski definition) is 14. The smallest absolute Gasteiger partial charge is 0 e. The van der Waals surface area contributed by atoms with Crippen molar-refractivity contribution in [1.82, 2.24) is 57.8 Å². The van der Waals surface area contributed by atoms with Crippen LogP contribution in [-0.4, -0.2) is 11.0 Å². The van der Waals surface area contributed by atoms with Gasteiger partial charge in [-0.1, -0.05) is 0 Å². The van der Waals surface area contributed by atoms with Gasteiger partial charge in [-0.15, -0.1) is 74.4 Å². The topological polar surface area (TPSA) is 379 Å². The van der Waals surface area contributed by atoms with Gasteiger partial charge in [0.2, 0.25) is 0 Å². The maximum absolute atomic E-state index is 4.64. The zero-order valence-electron chi connectivity index (χ0n) is 12.6. The molecule has 0 radical (unpaired) electrons. The second kappa shape index (κ2) is 226. The van der Waals surface area contributed by atoms with Crippen LogP contribution in [0.4, 0.5) is 0 Å². The summed E-state index contributed by atoms with van der Waals surface area (Å²) in [6, 6.07) is 0. The molecule has 0 aromatic heterocycles. The summed E-state index contributed by atoms with van der Waals surface area (Å²) in [5.41, 5.74) is 12.5. The third kappa shape index (κ3) is 346. The van der Waals surface area contributed by atoms with Crippen LogP contribution in [0, 0.1) is 0 Å². The van der Waals surface area contributed by atoms with Gasteiger partial charge in [0.15, 0.2) is 0 Å². The third-order valence-corrected chi connectivity index (χ3v) is 0.289. The van der Waals surface area contributed by atoms with Crippen molar-refractivity contribution in [1.29, 1.82) is 0 Å². The summed E-state index contributed by atoms with van der Waals surface area (Å²) in [5.74, 6) is 18.5. The summed E-state index contributed by atoms with van der Waals surface area (Å²) in [4.78, 5) is 0. The van der Waals surface area contributed by atoms with E-state index in [4.69, 9.17) is 0 Å². The molecule has 0 fully saturated rings. The second-order valence-corrected chi connectivity index (χ2v) is 0.827. The van der Waals surface area contributed by atoms with Gasteiger partial charge in [0, 0.05) is 58.4 Å². The van der Waals surface area contributed by atoms with Crippen molar-refractivity contribution in [2.75, 3.05) is 0 Å². The molecule has 0 aliphatic heterocycles. The maximum atomic E-state index is 4.64. The van der Waals surface area contributed by atoms with E-state index in [1.807, 2.05) is 22.1 Å². The van der Waals surface area contributed by atoms with Gasteiger partial charge in [-0.2, -0.15) is 33.2 Å². The minimum Gasteiger partial charge on any atom is -0.412 e. The van der Waals surface area contributed by atoms with Gasteiger partial charge in [0.1, 0.15) is 0 Å². The summed E-state index contributed by atoms with van der Waals surface area (Å²) >= 11 is 0. The Kier molecular flexibility index (Phi) is 1530. The molecule has 0 aliphatic carbocycles. The van der Waals surface area contributed by atoms with Gasteiger partial charge in [-0.3, -0.25) is 23.4 Å². The van der Waals surface area contributed by atoms with Gasteiger partial charge >= 0.3 is 0 Å². The van der Waals surface area contributed by atoms with Crippen molar-refractivity contribution in [2.45, 2.75) is 0 Å². The number of halogens is 6. The van der Waals surface area contributed by atoms with Gasteiger partial charge in [-0.25, -0.2) is 0 Å². The van der Waals surface area contributed by atoms with Crippen LogP contribution in [0.25, 0.3) is 0 Å². The third-order valence-electron chi connectivity index (χ3n) is 0.289. The van der Waals surface area contributed by atoms with Crippen molar-refractivity contribution in [3.63, 3.8) is 0 Å². The van der Waals surface area contributed by atoms with E-state index in [9.17, 15) is 0 Å². The van der Waals surface area contributed by atoms with Crippen LogP contribution >= 0.6 is 74.4 Å². The van der Waals surface area contributed by atoms with Crippen LogP contribution in [0.15, 0.2) is 0 Å². The Morgan fingerprint density at radius 3 is 0.440 bits per heavy atom. The number of hydrazine groups is 8. The molecular formula is H36Cl6N14O2Ru3. The molecule has 25 heavy (non-hydrogen) atoms. The Morgan fingerprint density at radius 1 is 0.360 bits per heavy atom. The molecule has 0 aromatic carbocycles. The summed E-state index contributed by atoms with van der Waals surface area (Å²) in [5, 5.41) is 0. The quantitative estimate of drug-likeness (QED) is 0.0739. The number of rotatable bonds is 4. The summed E-state index contributed by atoms with van der Waals surface area (Å²) in [6.07, 6.45) is 0. The molecule has 0 aromatic rings. The van der Waals surface area contributed by atoms with Crippen LogP contribution in [0.5, 0.6) is 0 Å². The molecule has 0 saturated heterocycles. The van der Waals surface area contributed by atoms with E-state index in [0.717, 1.165) is 0 Å². The normalized spacial score (nSPS) is 3.36. The molecule has 30 N–H and O–H groups in total. The fourth-order valence-corrected chi connectivity index (χ4v) is 0.0833. The van der Waals surface area contributed by atoms with Crippen molar-refractivity contribution in [3.8, 4) is 0 Å². The van der Waals surface area contributed by atoms with Crippen molar-refractivity contribution >= 4 is 74.4 Å². The Labute approximate surface area is 223 Å². The molecule has 0 bridgehead atoms. The van der Waals surface area contributed by atoms with Crippen LogP contribution in [-0.2, 0) is 58.4 Å². The largest absolute Gasteiger partial charge is 0.412 e. The maximum Gasteiger partial charge on any atom is 0 e. The van der Waals surface area contributed by atoms with Gasteiger partial charge < -0.3 is 35.6 Å². The molecule has 0 amide bonds. The first-order chi connectivity index (χ1) is 4.83. The molecule has 0 atom stereocenters. The van der Waals surface area contributed by atoms with Crippen molar-refractivity contribution in [2.24, 2.45) is 23.4 Å². The SMILES string of the molecule is Cl.Cl.Cl.Cl.Cl.Cl.N.N.N.N.NNNNN.NNNNN.O.O.[Ru].[Ru].[Ru]. The molecule has 0 spiro atoms. The molecule has 0 unspecified atom stereocenters. The predicted octanol–water partition coefficient (Wildman–Crippen LogP) is -3.81. The summed E-state index contributed by atoms with van der Waals surface area (Å²) < 4.78 is 0. The van der Waals surface area contributed by atoms with E-state index in [2.05, 4.69) is 34.4 Å². The standard InChI is InChI=1S/6ClH.2H7N5.4H3N.2H2O.3Ru/c;;;;;;2*1-3-5-4-2;;;;;;;;;/h6*1H;2*3-5H,1-2H2;4*1H3;2*1H2;;;. The number of hydrogen-bond acceptors (Lipinski definition) is 14. The first-order valence-corrected chi connectivity index (χ1v) is 2.15. The molecule has 25 heteroatoms. The van der Waals surface area contributed by atoms with Crippen LogP contribution in [0.3, 0.4) is 0 Å². The summed E-state index contributed by atoms with van der Waals surface area (Å²) in [6.45, 7) is 0. The average molecular weight is 780 g/mol. The Balaban J connectivity index is -0.00000000213. The van der Waals surface area contributed by atoms with E-state index >= 15 is 0 Å².